The van der Waals surface area contributed by atoms with E-state index in [1.807, 2.05) is 39.0 Å². The molecule has 1 aliphatic heterocycles. The highest BCUT2D eigenvalue weighted by molar-refractivity contribution is 5.90. The van der Waals surface area contributed by atoms with Crippen LogP contribution in [0.4, 0.5) is 23.8 Å². The maximum atomic E-state index is 13.3. The van der Waals surface area contributed by atoms with Gasteiger partial charge in [-0.3, -0.25) is 0 Å². The Morgan fingerprint density at radius 1 is 1.07 bits per heavy atom. The first-order valence-electron chi connectivity index (χ1n) is 14.0. The number of amides is 1. The fraction of sp³-hybridized carbons (Fsp3) is 0.516. The summed E-state index contributed by atoms with van der Waals surface area (Å²) in [4.78, 5) is 23.3. The number of carbonyl (C=O) groups is 1. The van der Waals surface area contributed by atoms with E-state index in [4.69, 9.17) is 4.74 Å². The van der Waals surface area contributed by atoms with Gasteiger partial charge in [0.25, 0.3) is 0 Å². The molecule has 2 aliphatic rings. The predicted octanol–water partition coefficient (Wildman–Crippen LogP) is 7.13. The summed E-state index contributed by atoms with van der Waals surface area (Å²) in [7, 11) is 0. The molecule has 220 valence electrons. The van der Waals surface area contributed by atoms with Crippen LogP contribution in [0.5, 0.6) is 0 Å². The van der Waals surface area contributed by atoms with Crippen molar-refractivity contribution in [1.29, 1.82) is 0 Å². The maximum Gasteiger partial charge on any atom is 0.416 e. The summed E-state index contributed by atoms with van der Waals surface area (Å²) >= 11 is 0. The number of hydrogen-bond acceptors (Lipinski definition) is 6. The number of piperidine rings is 1. The summed E-state index contributed by atoms with van der Waals surface area (Å²) in [6.07, 6.45) is -1.96. The first-order valence-corrected chi connectivity index (χ1v) is 14.0. The van der Waals surface area contributed by atoms with Gasteiger partial charge in [0.2, 0.25) is 0 Å². The van der Waals surface area contributed by atoms with Crippen LogP contribution in [0, 0.1) is 12.3 Å². The molecule has 1 aliphatic carbocycles. The Hall–Kier alpha value is -3.40. The number of halogens is 3. The van der Waals surface area contributed by atoms with Gasteiger partial charge in [0.05, 0.1) is 16.7 Å². The Kier molecular flexibility index (Phi) is 7.21. The molecular weight excluding hydrogens is 533 g/mol. The molecule has 1 saturated heterocycles. The lowest BCUT2D eigenvalue weighted by Crippen LogP contribution is -2.55. The number of nitrogens with zero attached hydrogens (tertiary/aromatic N) is 3. The Bertz CT molecular complexity index is 1450. The molecule has 5 rings (SSSR count). The van der Waals surface area contributed by atoms with Crippen LogP contribution in [0.25, 0.3) is 10.9 Å². The van der Waals surface area contributed by atoms with Gasteiger partial charge in [0.15, 0.2) is 0 Å². The Morgan fingerprint density at radius 2 is 1.76 bits per heavy atom. The number of aliphatic hydroxyl groups is 1. The van der Waals surface area contributed by atoms with Crippen LogP contribution in [0.3, 0.4) is 0 Å². The Morgan fingerprint density at radius 3 is 2.39 bits per heavy atom. The quantitative estimate of drug-likeness (QED) is 0.347. The van der Waals surface area contributed by atoms with Crippen LogP contribution < -0.4 is 5.32 Å². The summed E-state index contributed by atoms with van der Waals surface area (Å²) in [5.41, 5.74) is -0.372. The number of nitrogens with one attached hydrogen (secondary N) is 1. The second kappa shape index (κ2) is 10.2. The van der Waals surface area contributed by atoms with Gasteiger partial charge in [-0.2, -0.15) is 13.2 Å². The van der Waals surface area contributed by atoms with Crippen molar-refractivity contribution in [2.45, 2.75) is 83.7 Å². The standard InChI is InChI=1S/C31H37F3N4O3/c1-19(21-7-6-8-23(15-21)31(32,33)34)35-26-24-16-22(9-10-25(24)36-20(2)37-26)30(40)17-29(18-30)11-13-38(14-12-29)27(39)41-28(3,4)5/h6-10,15-16,19,40H,11-14,17-18H2,1-5H3,(H,35,36,37)/t19-/m1/s1. The molecule has 1 amide bonds. The number of rotatable bonds is 4. The maximum absolute atomic E-state index is 13.3. The third kappa shape index (κ3) is 6.12. The number of alkyl halides is 3. The summed E-state index contributed by atoms with van der Waals surface area (Å²) in [6.45, 7) is 10.3. The number of hydrogen-bond donors (Lipinski definition) is 2. The monoisotopic (exact) mass is 570 g/mol. The molecule has 1 atom stereocenters. The fourth-order valence-electron chi connectivity index (χ4n) is 6.15. The number of aryl methyl sites for hydroxylation is 1. The van der Waals surface area contributed by atoms with Crippen molar-refractivity contribution in [3.63, 3.8) is 0 Å². The lowest BCUT2D eigenvalue weighted by atomic mass is 9.53. The first kappa shape index (κ1) is 29.1. The number of benzene rings is 2. The van der Waals surface area contributed by atoms with E-state index in [1.54, 1.807) is 24.8 Å². The lowest BCUT2D eigenvalue weighted by molar-refractivity contribution is -0.154. The van der Waals surface area contributed by atoms with E-state index in [9.17, 15) is 23.1 Å². The van der Waals surface area contributed by atoms with Gasteiger partial charge in [0.1, 0.15) is 17.2 Å². The van der Waals surface area contributed by atoms with Crippen molar-refractivity contribution in [1.82, 2.24) is 14.9 Å². The van der Waals surface area contributed by atoms with Crippen LogP contribution in [0.2, 0.25) is 0 Å². The molecule has 1 saturated carbocycles. The molecule has 1 aromatic heterocycles. The van der Waals surface area contributed by atoms with Gasteiger partial charge < -0.3 is 20.1 Å². The molecule has 2 N–H and O–H groups in total. The highest BCUT2D eigenvalue weighted by atomic mass is 19.4. The summed E-state index contributed by atoms with van der Waals surface area (Å²) in [6, 6.07) is 10.4. The smallest absolute Gasteiger partial charge is 0.416 e. The number of ether oxygens (including phenoxy) is 1. The summed E-state index contributed by atoms with van der Waals surface area (Å²) in [5.74, 6) is 1.03. The second-order valence-electron chi connectivity index (χ2n) is 12.7. The summed E-state index contributed by atoms with van der Waals surface area (Å²) in [5, 5.41) is 15.6. The van der Waals surface area contributed by atoms with Gasteiger partial charge in [-0.05, 0) is 101 Å². The second-order valence-corrected chi connectivity index (χ2v) is 12.7. The molecule has 2 heterocycles. The molecule has 0 unspecified atom stereocenters. The van der Waals surface area contributed by atoms with Gasteiger partial charge in [-0.25, -0.2) is 14.8 Å². The predicted molar refractivity (Wildman–Crippen MR) is 150 cm³/mol. The van der Waals surface area contributed by atoms with Crippen LogP contribution in [-0.4, -0.2) is 44.8 Å². The molecule has 10 heteroatoms. The van der Waals surface area contributed by atoms with E-state index < -0.39 is 29.0 Å². The zero-order valence-corrected chi connectivity index (χ0v) is 24.1. The van der Waals surface area contributed by atoms with Crippen molar-refractivity contribution >= 4 is 22.8 Å². The van der Waals surface area contributed by atoms with E-state index in [0.29, 0.717) is 54.0 Å². The van der Waals surface area contributed by atoms with E-state index in [2.05, 4.69) is 15.3 Å². The van der Waals surface area contributed by atoms with Crippen LogP contribution in [-0.2, 0) is 16.5 Å². The lowest BCUT2D eigenvalue weighted by Gasteiger charge is -2.56. The average Bonchev–Trinajstić information content (AvgIpc) is 2.86. The van der Waals surface area contributed by atoms with Crippen molar-refractivity contribution in [3.8, 4) is 0 Å². The fourth-order valence-corrected chi connectivity index (χ4v) is 6.15. The Labute approximate surface area is 238 Å². The van der Waals surface area contributed by atoms with Crippen molar-refractivity contribution < 1.29 is 27.8 Å². The molecular formula is C31H37F3N4O3. The van der Waals surface area contributed by atoms with E-state index in [1.165, 1.54) is 6.07 Å². The van der Waals surface area contributed by atoms with Gasteiger partial charge in [0, 0.05) is 24.5 Å². The molecule has 0 radical (unpaired) electrons. The van der Waals surface area contributed by atoms with Crippen molar-refractivity contribution in [3.05, 3.63) is 65.0 Å². The minimum Gasteiger partial charge on any atom is -0.444 e. The number of likely N-dealkylation sites (tertiary alicyclic amines) is 1. The highest BCUT2D eigenvalue weighted by Crippen LogP contribution is 2.59. The normalized spacial score (nSPS) is 19.1. The van der Waals surface area contributed by atoms with Gasteiger partial charge in [-0.15, -0.1) is 0 Å². The topological polar surface area (TPSA) is 87.6 Å². The van der Waals surface area contributed by atoms with E-state index in [0.717, 1.165) is 30.5 Å². The molecule has 7 nitrogen and oxygen atoms in total. The zero-order chi connectivity index (χ0) is 29.8. The van der Waals surface area contributed by atoms with Gasteiger partial charge >= 0.3 is 12.3 Å². The molecule has 41 heavy (non-hydrogen) atoms. The van der Waals surface area contributed by atoms with E-state index in [-0.39, 0.29) is 11.5 Å². The Balaban J connectivity index is 1.33. The van der Waals surface area contributed by atoms with Crippen LogP contribution in [0.15, 0.2) is 42.5 Å². The third-order valence-electron chi connectivity index (χ3n) is 8.22. The first-order chi connectivity index (χ1) is 19.1. The zero-order valence-electron chi connectivity index (χ0n) is 24.1. The molecule has 0 bridgehead atoms. The number of anilines is 1. The highest BCUT2D eigenvalue weighted by Gasteiger charge is 2.55. The number of fused-ring (bicyclic) bond motifs is 1. The summed E-state index contributed by atoms with van der Waals surface area (Å²) < 4.78 is 45.3. The molecule has 2 aromatic carbocycles. The average molecular weight is 571 g/mol. The minimum atomic E-state index is -4.43. The largest absolute Gasteiger partial charge is 0.444 e. The molecule has 1 spiro atoms. The molecule has 2 fully saturated rings. The van der Waals surface area contributed by atoms with E-state index >= 15 is 0 Å². The van der Waals surface area contributed by atoms with Crippen molar-refractivity contribution in [2.75, 3.05) is 18.4 Å². The number of aromatic nitrogens is 2. The third-order valence-corrected chi connectivity index (χ3v) is 8.22. The molecule has 3 aromatic rings. The van der Waals surface area contributed by atoms with Gasteiger partial charge in [-0.1, -0.05) is 18.2 Å². The SMILES string of the molecule is Cc1nc(N[C@H](C)c2cccc(C(F)(F)F)c2)c2cc(C3(O)CC4(CCN(C(=O)OC(C)(C)C)CC4)C3)ccc2n1. The van der Waals surface area contributed by atoms with Crippen LogP contribution >= 0.6 is 0 Å². The van der Waals surface area contributed by atoms with Crippen molar-refractivity contribution in [2.24, 2.45) is 5.41 Å². The number of carbonyl (C=O) groups excluding carboxylic acids is 1. The minimum absolute atomic E-state index is 0.0366. The van der Waals surface area contributed by atoms with Crippen LogP contribution in [0.1, 0.15) is 81.9 Å².